The number of nitrogens with zero attached hydrogens (tertiary/aromatic N) is 1. The van der Waals surface area contributed by atoms with Gasteiger partial charge in [-0.15, -0.1) is 0 Å². The number of benzene rings is 1. The predicted molar refractivity (Wildman–Crippen MR) is 78.1 cm³/mol. The highest BCUT2D eigenvalue weighted by Gasteiger charge is 2.12. The van der Waals surface area contributed by atoms with Crippen molar-refractivity contribution in [3.8, 4) is 5.75 Å². The van der Waals surface area contributed by atoms with Crippen molar-refractivity contribution in [1.82, 2.24) is 4.90 Å². The third-order valence-electron chi connectivity index (χ3n) is 3.31. The third kappa shape index (κ3) is 3.70. The van der Waals surface area contributed by atoms with Crippen molar-refractivity contribution in [2.24, 2.45) is 5.73 Å². The molecule has 1 aromatic rings. The lowest BCUT2D eigenvalue weighted by molar-refractivity contribution is 0.235. The largest absolute Gasteiger partial charge is 0.491 e. The number of ether oxygens (including phenoxy) is 1. The first-order valence-corrected chi connectivity index (χ1v) is 7.43. The van der Waals surface area contributed by atoms with Crippen LogP contribution in [-0.4, -0.2) is 37.7 Å². The summed E-state index contributed by atoms with van der Waals surface area (Å²) in [6.45, 7) is 4.85. The van der Waals surface area contributed by atoms with Gasteiger partial charge in [-0.3, -0.25) is 4.90 Å². The minimum Gasteiger partial charge on any atom is -0.491 e. The molecule has 1 aliphatic rings. The van der Waals surface area contributed by atoms with E-state index in [2.05, 4.69) is 26.9 Å². The maximum atomic E-state index is 5.94. The molecule has 0 bridgehead atoms. The monoisotopic (exact) mass is 312 g/mol. The minimum atomic E-state index is 0.652. The molecule has 1 saturated heterocycles. The van der Waals surface area contributed by atoms with E-state index in [0.717, 1.165) is 29.8 Å². The SMILES string of the molecule is NCCc1cccc(Br)c1OCCN1CCCC1. The molecule has 1 aliphatic heterocycles. The van der Waals surface area contributed by atoms with Gasteiger partial charge in [0.25, 0.3) is 0 Å². The van der Waals surface area contributed by atoms with Crippen molar-refractivity contribution in [2.75, 3.05) is 32.8 Å². The van der Waals surface area contributed by atoms with Crippen molar-refractivity contribution >= 4 is 15.9 Å². The molecule has 1 fully saturated rings. The van der Waals surface area contributed by atoms with Gasteiger partial charge >= 0.3 is 0 Å². The standard InChI is InChI=1S/C14H21BrN2O/c15-13-5-3-4-12(6-7-16)14(13)18-11-10-17-8-1-2-9-17/h3-5H,1-2,6-11,16H2. The first kappa shape index (κ1) is 13.8. The summed E-state index contributed by atoms with van der Waals surface area (Å²) in [6.07, 6.45) is 3.51. The fraction of sp³-hybridized carbons (Fsp3) is 0.571. The molecule has 0 saturated carbocycles. The summed E-state index contributed by atoms with van der Waals surface area (Å²) < 4.78 is 6.96. The molecule has 0 radical (unpaired) electrons. The van der Waals surface area contributed by atoms with E-state index in [1.807, 2.05) is 12.1 Å². The second-order valence-electron chi connectivity index (χ2n) is 4.66. The van der Waals surface area contributed by atoms with E-state index in [-0.39, 0.29) is 0 Å². The normalized spacial score (nSPS) is 16.1. The van der Waals surface area contributed by atoms with Crippen LogP contribution in [0.4, 0.5) is 0 Å². The molecule has 18 heavy (non-hydrogen) atoms. The van der Waals surface area contributed by atoms with Crippen molar-refractivity contribution < 1.29 is 4.74 Å². The molecule has 2 N–H and O–H groups in total. The Labute approximate surface area is 117 Å². The van der Waals surface area contributed by atoms with E-state index in [0.29, 0.717) is 6.54 Å². The molecule has 100 valence electrons. The number of hydrogen-bond donors (Lipinski definition) is 1. The van der Waals surface area contributed by atoms with Gasteiger partial charge in [-0.2, -0.15) is 0 Å². The van der Waals surface area contributed by atoms with E-state index in [1.165, 1.54) is 31.5 Å². The van der Waals surface area contributed by atoms with Gasteiger partial charge in [-0.25, -0.2) is 0 Å². The molecular weight excluding hydrogens is 292 g/mol. The lowest BCUT2D eigenvalue weighted by Crippen LogP contribution is -2.25. The smallest absolute Gasteiger partial charge is 0.136 e. The average Bonchev–Trinajstić information content (AvgIpc) is 2.86. The van der Waals surface area contributed by atoms with Crippen LogP contribution in [0.2, 0.25) is 0 Å². The van der Waals surface area contributed by atoms with Crippen LogP contribution in [0.25, 0.3) is 0 Å². The Morgan fingerprint density at radius 3 is 2.78 bits per heavy atom. The van der Waals surface area contributed by atoms with Gasteiger partial charge < -0.3 is 10.5 Å². The molecule has 0 aliphatic carbocycles. The van der Waals surface area contributed by atoms with E-state index in [4.69, 9.17) is 10.5 Å². The average molecular weight is 313 g/mol. The van der Waals surface area contributed by atoms with Gasteiger partial charge in [-0.05, 0) is 66.5 Å². The predicted octanol–water partition coefficient (Wildman–Crippen LogP) is 2.42. The van der Waals surface area contributed by atoms with E-state index in [9.17, 15) is 0 Å². The first-order valence-electron chi connectivity index (χ1n) is 6.64. The molecule has 0 atom stereocenters. The van der Waals surface area contributed by atoms with Crippen molar-refractivity contribution in [3.05, 3.63) is 28.2 Å². The molecule has 0 unspecified atom stereocenters. The van der Waals surface area contributed by atoms with E-state index in [1.54, 1.807) is 0 Å². The van der Waals surface area contributed by atoms with Gasteiger partial charge in [0.05, 0.1) is 4.47 Å². The van der Waals surface area contributed by atoms with Crippen LogP contribution in [0.3, 0.4) is 0 Å². The summed E-state index contributed by atoms with van der Waals surface area (Å²) in [5.41, 5.74) is 6.82. The summed E-state index contributed by atoms with van der Waals surface area (Å²) in [5, 5.41) is 0. The van der Waals surface area contributed by atoms with Crippen LogP contribution >= 0.6 is 15.9 Å². The van der Waals surface area contributed by atoms with Crippen molar-refractivity contribution in [1.29, 1.82) is 0 Å². The Morgan fingerprint density at radius 1 is 1.28 bits per heavy atom. The highest BCUT2D eigenvalue weighted by atomic mass is 79.9. The maximum Gasteiger partial charge on any atom is 0.136 e. The zero-order valence-corrected chi connectivity index (χ0v) is 12.3. The minimum absolute atomic E-state index is 0.652. The van der Waals surface area contributed by atoms with E-state index >= 15 is 0 Å². The van der Waals surface area contributed by atoms with Gasteiger partial charge in [0.2, 0.25) is 0 Å². The maximum absolute atomic E-state index is 5.94. The summed E-state index contributed by atoms with van der Waals surface area (Å²) in [5.74, 6) is 0.960. The molecule has 1 heterocycles. The Bertz CT molecular complexity index is 378. The molecule has 0 amide bonds. The summed E-state index contributed by atoms with van der Waals surface area (Å²) in [6, 6.07) is 6.14. The molecular formula is C14H21BrN2O. The Balaban J connectivity index is 1.90. The van der Waals surface area contributed by atoms with Gasteiger partial charge in [0.15, 0.2) is 0 Å². The molecule has 1 aromatic carbocycles. The lowest BCUT2D eigenvalue weighted by Gasteiger charge is -2.17. The fourth-order valence-corrected chi connectivity index (χ4v) is 2.87. The fourth-order valence-electron chi connectivity index (χ4n) is 2.35. The van der Waals surface area contributed by atoms with Crippen LogP contribution in [0.1, 0.15) is 18.4 Å². The quantitative estimate of drug-likeness (QED) is 0.876. The molecule has 2 rings (SSSR count). The van der Waals surface area contributed by atoms with Crippen LogP contribution in [0.15, 0.2) is 22.7 Å². The molecule has 4 heteroatoms. The molecule has 3 nitrogen and oxygen atoms in total. The van der Waals surface area contributed by atoms with E-state index < -0.39 is 0 Å². The first-order chi connectivity index (χ1) is 8.81. The zero-order chi connectivity index (χ0) is 12.8. The second-order valence-corrected chi connectivity index (χ2v) is 5.52. The number of nitrogens with two attached hydrogens (primary N) is 1. The summed E-state index contributed by atoms with van der Waals surface area (Å²) in [7, 11) is 0. The van der Waals surface area contributed by atoms with Crippen LogP contribution in [0.5, 0.6) is 5.75 Å². The summed E-state index contributed by atoms with van der Waals surface area (Å²) in [4.78, 5) is 2.46. The number of para-hydroxylation sites is 1. The third-order valence-corrected chi connectivity index (χ3v) is 3.94. The van der Waals surface area contributed by atoms with Gasteiger partial charge in [-0.1, -0.05) is 12.1 Å². The Morgan fingerprint density at radius 2 is 2.06 bits per heavy atom. The van der Waals surface area contributed by atoms with Crippen molar-refractivity contribution in [2.45, 2.75) is 19.3 Å². The molecule has 0 aromatic heterocycles. The van der Waals surface area contributed by atoms with Crippen LogP contribution in [-0.2, 0) is 6.42 Å². The molecule has 0 spiro atoms. The highest BCUT2D eigenvalue weighted by molar-refractivity contribution is 9.10. The number of hydrogen-bond acceptors (Lipinski definition) is 3. The Kier molecular flexibility index (Phi) is 5.47. The number of rotatable bonds is 6. The second kappa shape index (κ2) is 7.12. The van der Waals surface area contributed by atoms with Crippen LogP contribution < -0.4 is 10.5 Å². The van der Waals surface area contributed by atoms with Crippen molar-refractivity contribution in [3.63, 3.8) is 0 Å². The van der Waals surface area contributed by atoms with Gasteiger partial charge in [0.1, 0.15) is 12.4 Å². The number of likely N-dealkylation sites (tertiary alicyclic amines) is 1. The summed E-state index contributed by atoms with van der Waals surface area (Å²) >= 11 is 3.55. The Hall–Kier alpha value is -0.580. The van der Waals surface area contributed by atoms with Gasteiger partial charge in [0, 0.05) is 6.54 Å². The topological polar surface area (TPSA) is 38.5 Å². The number of halogens is 1. The van der Waals surface area contributed by atoms with Crippen LogP contribution in [0, 0.1) is 0 Å². The lowest BCUT2D eigenvalue weighted by atomic mass is 10.1. The zero-order valence-electron chi connectivity index (χ0n) is 10.7. The highest BCUT2D eigenvalue weighted by Crippen LogP contribution is 2.29.